The predicted molar refractivity (Wildman–Crippen MR) is 180 cm³/mol. The minimum Gasteiger partial charge on any atom is -0.204 e. The molecule has 8 heterocycles. The highest BCUT2D eigenvalue weighted by Crippen LogP contribution is 2.53. The van der Waals surface area contributed by atoms with Gasteiger partial charge in [0.15, 0.2) is 0 Å². The quantitative estimate of drug-likeness (QED) is 0.235. The lowest BCUT2D eigenvalue weighted by Crippen LogP contribution is -2.70. The first-order valence-electron chi connectivity index (χ1n) is 16.2. The fourth-order valence-corrected chi connectivity index (χ4v) is 9.49. The Kier molecular flexibility index (Phi) is 4.16. The molecular formula is C39H38N6+2. The maximum atomic E-state index is 5.64. The highest BCUT2D eigenvalue weighted by molar-refractivity contribution is 6.29. The van der Waals surface area contributed by atoms with Crippen LogP contribution in [0.2, 0.25) is 0 Å². The molecule has 0 aliphatic carbocycles. The van der Waals surface area contributed by atoms with Gasteiger partial charge >= 0.3 is 17.6 Å². The summed E-state index contributed by atoms with van der Waals surface area (Å²) in [5, 5.41) is 1.24. The zero-order valence-electron chi connectivity index (χ0n) is 28.3. The summed E-state index contributed by atoms with van der Waals surface area (Å²) in [6.45, 7) is 27.4. The molecular weight excluding hydrogens is 552 g/mol. The number of hydrogen-bond acceptors (Lipinski definition) is 2. The third-order valence-electron chi connectivity index (χ3n) is 12.9. The van der Waals surface area contributed by atoms with Gasteiger partial charge in [-0.05, 0) is 149 Å². The average molecular weight is 591 g/mol. The average Bonchev–Trinajstić information content (AvgIpc) is 3.69. The second-order valence-electron chi connectivity index (χ2n) is 14.3. The van der Waals surface area contributed by atoms with Gasteiger partial charge in [-0.1, -0.05) is 0 Å². The molecule has 0 saturated carbocycles. The number of nitrogens with zero attached hydrogens (tertiary/aromatic N) is 6. The summed E-state index contributed by atoms with van der Waals surface area (Å²) >= 11 is 0. The van der Waals surface area contributed by atoms with Crippen LogP contribution in [0.1, 0.15) is 94.7 Å². The summed E-state index contributed by atoms with van der Waals surface area (Å²) in [7, 11) is 0. The Balaban J connectivity index is 1.53. The van der Waals surface area contributed by atoms with Gasteiger partial charge in [-0.25, -0.2) is 9.13 Å². The lowest BCUT2D eigenvalue weighted by molar-refractivity contribution is -0.798. The Labute approximate surface area is 263 Å². The lowest BCUT2D eigenvalue weighted by Gasteiger charge is -2.40. The molecule has 2 aromatic carbocycles. The van der Waals surface area contributed by atoms with Crippen molar-refractivity contribution in [2.45, 2.75) is 89.0 Å². The molecule has 1 spiro atoms. The predicted octanol–water partition coefficient (Wildman–Crippen LogP) is 5.73. The van der Waals surface area contributed by atoms with E-state index in [9.17, 15) is 0 Å². The molecule has 0 radical (unpaired) electrons. The van der Waals surface area contributed by atoms with Gasteiger partial charge in [0.2, 0.25) is 0 Å². The summed E-state index contributed by atoms with van der Waals surface area (Å²) in [6, 6.07) is 0. The van der Waals surface area contributed by atoms with E-state index in [0.717, 1.165) is 23.0 Å². The van der Waals surface area contributed by atoms with E-state index >= 15 is 0 Å². The smallest absolute Gasteiger partial charge is 0.204 e. The van der Waals surface area contributed by atoms with Crippen molar-refractivity contribution < 1.29 is 9.15 Å². The van der Waals surface area contributed by atoms with Crippen molar-refractivity contribution in [3.8, 4) is 0 Å². The minimum atomic E-state index is -0.769. The SMILES string of the molecule is Cc1c(C)c(C)c2c(c1C)C1=Cc3c(C)c(C)c4n3C35n6c(c(C)c(C)c6=NC2=[N+]13)=CC1=[N+]5C(=N4)c2c(C)c(C)c(C)c(C)c21. The lowest BCUT2D eigenvalue weighted by atomic mass is 9.87. The highest BCUT2D eigenvalue weighted by atomic mass is 15.7. The van der Waals surface area contributed by atoms with E-state index in [2.05, 4.69) is 114 Å². The zero-order valence-corrected chi connectivity index (χ0v) is 28.3. The van der Waals surface area contributed by atoms with Crippen molar-refractivity contribution >= 4 is 41.0 Å². The van der Waals surface area contributed by atoms with Crippen LogP contribution in [-0.4, -0.2) is 35.7 Å². The molecule has 4 aromatic rings. The van der Waals surface area contributed by atoms with Crippen molar-refractivity contribution in [3.05, 3.63) is 106 Å². The van der Waals surface area contributed by atoms with Gasteiger partial charge in [-0.3, -0.25) is 0 Å². The van der Waals surface area contributed by atoms with Crippen LogP contribution in [0, 0.1) is 83.1 Å². The number of fused-ring (bicyclic) bond motifs is 6. The van der Waals surface area contributed by atoms with Crippen LogP contribution in [0.15, 0.2) is 9.98 Å². The molecule has 10 rings (SSSR count). The number of rotatable bonds is 0. The van der Waals surface area contributed by atoms with Crippen LogP contribution >= 0.6 is 0 Å². The Morgan fingerprint density at radius 3 is 1.78 bits per heavy atom. The Hall–Kier alpha value is -4.58. The second-order valence-corrected chi connectivity index (χ2v) is 14.3. The van der Waals surface area contributed by atoms with Gasteiger partial charge in [-0.2, -0.15) is 0 Å². The fourth-order valence-electron chi connectivity index (χ4n) is 9.49. The van der Waals surface area contributed by atoms with Crippen molar-refractivity contribution in [1.29, 1.82) is 0 Å². The number of hydrogen-bond donors (Lipinski definition) is 0. The van der Waals surface area contributed by atoms with Crippen molar-refractivity contribution in [3.63, 3.8) is 0 Å². The second kappa shape index (κ2) is 7.28. The maximum Gasteiger partial charge on any atom is 0.441 e. The van der Waals surface area contributed by atoms with Crippen LogP contribution in [-0.2, 0) is 5.91 Å². The van der Waals surface area contributed by atoms with E-state index in [-0.39, 0.29) is 0 Å². The van der Waals surface area contributed by atoms with Crippen molar-refractivity contribution in [1.82, 2.24) is 9.13 Å². The third-order valence-corrected chi connectivity index (χ3v) is 12.9. The van der Waals surface area contributed by atoms with Crippen LogP contribution < -0.4 is 10.8 Å². The van der Waals surface area contributed by atoms with Crippen molar-refractivity contribution in [2.24, 2.45) is 9.98 Å². The molecule has 0 N–H and O–H groups in total. The molecule has 6 aliphatic rings. The minimum absolute atomic E-state index is 0.769. The van der Waals surface area contributed by atoms with Gasteiger partial charge in [0.1, 0.15) is 11.4 Å². The molecule has 1 unspecified atom stereocenters. The zero-order chi connectivity index (χ0) is 31.5. The van der Waals surface area contributed by atoms with Gasteiger partial charge in [0.25, 0.3) is 11.3 Å². The molecule has 45 heavy (non-hydrogen) atoms. The van der Waals surface area contributed by atoms with Crippen LogP contribution in [0.5, 0.6) is 0 Å². The van der Waals surface area contributed by atoms with Crippen LogP contribution in [0.4, 0.5) is 5.82 Å². The summed E-state index contributed by atoms with van der Waals surface area (Å²) in [4.78, 5) is 11.3. The number of aliphatic imine (C=N–C) groups is 1. The van der Waals surface area contributed by atoms with Crippen LogP contribution in [0.3, 0.4) is 0 Å². The first-order chi connectivity index (χ1) is 21.3. The molecule has 0 fully saturated rings. The van der Waals surface area contributed by atoms with Gasteiger partial charge in [0.05, 0.1) is 22.2 Å². The van der Waals surface area contributed by atoms with E-state index in [1.165, 1.54) is 111 Å². The molecule has 1 atom stereocenters. The monoisotopic (exact) mass is 590 g/mol. The molecule has 6 heteroatoms. The topological polar surface area (TPSA) is 40.6 Å². The molecule has 0 amide bonds. The van der Waals surface area contributed by atoms with E-state index < -0.39 is 5.91 Å². The Morgan fingerprint density at radius 1 is 0.511 bits per heavy atom. The first kappa shape index (κ1) is 25.7. The number of benzene rings is 2. The standard InChI is InChI=1S/C39H38N6/c1-15-17(3)23(9)33-31(21(15)7)29-13-27-19(5)25(11)36-41-38-34-24(10)18(4)16(2)22(8)32(34)30-14-28-20(6)26(12)35-40-37(33)44(29)39(42(27)36,43(28)35)45(30)38/h13-14H,1-12H3/q+2. The molecule has 0 saturated heterocycles. The van der Waals surface area contributed by atoms with Crippen molar-refractivity contribution in [2.75, 3.05) is 0 Å². The van der Waals surface area contributed by atoms with E-state index in [4.69, 9.17) is 9.98 Å². The Bertz CT molecular complexity index is 2410. The third kappa shape index (κ3) is 2.29. The summed E-state index contributed by atoms with van der Waals surface area (Å²) in [5.41, 5.74) is 25.8. The summed E-state index contributed by atoms with van der Waals surface area (Å²) in [6.07, 6.45) is 4.86. The largest absolute Gasteiger partial charge is 0.441 e. The number of amidine groups is 2. The molecule has 6 aliphatic heterocycles. The normalized spacial score (nSPS) is 20.1. The summed E-state index contributed by atoms with van der Waals surface area (Å²) in [5.74, 6) is 2.39. The van der Waals surface area contributed by atoms with Crippen LogP contribution in [0.25, 0.3) is 17.8 Å². The number of aromatic nitrogens is 2. The van der Waals surface area contributed by atoms with E-state index in [1.54, 1.807) is 0 Å². The maximum absolute atomic E-state index is 5.64. The van der Waals surface area contributed by atoms with Gasteiger partial charge < -0.3 is 0 Å². The fraction of sp³-hybridized carbons (Fsp3) is 0.333. The molecule has 2 aromatic heterocycles. The summed E-state index contributed by atoms with van der Waals surface area (Å²) < 4.78 is 10.3. The molecule has 6 nitrogen and oxygen atoms in total. The van der Waals surface area contributed by atoms with Gasteiger partial charge in [-0.15, -0.1) is 9.15 Å². The highest BCUT2D eigenvalue weighted by Gasteiger charge is 2.70. The van der Waals surface area contributed by atoms with Gasteiger partial charge in [0, 0.05) is 34.4 Å². The first-order valence-corrected chi connectivity index (χ1v) is 16.2. The van der Waals surface area contributed by atoms with E-state index in [1.807, 2.05) is 0 Å². The molecule has 222 valence electrons. The van der Waals surface area contributed by atoms with E-state index in [0.29, 0.717) is 0 Å². The Morgan fingerprint density at radius 2 is 1.11 bits per heavy atom. The molecule has 0 bridgehead atoms.